The molecule has 0 saturated carbocycles. The molecule has 1 aromatic rings. The van der Waals surface area contributed by atoms with E-state index >= 15 is 0 Å². The molecule has 0 saturated heterocycles. The number of rotatable bonds is 2. The maximum atomic E-state index is 10.6. The van der Waals surface area contributed by atoms with E-state index in [0.717, 1.165) is 5.56 Å². The molecule has 1 aromatic carbocycles. The molecule has 2 N–H and O–H groups in total. The van der Waals surface area contributed by atoms with Crippen LogP contribution in [-0.2, 0) is 0 Å². The highest BCUT2D eigenvalue weighted by Crippen LogP contribution is 2.20. The highest BCUT2D eigenvalue weighted by atomic mass is 35.5. The normalized spacial score (nSPS) is 9.50. The first kappa shape index (κ1) is 8.87. The Hall–Kier alpha value is -1.22. The lowest BCUT2D eigenvalue weighted by Gasteiger charge is -2.05. The van der Waals surface area contributed by atoms with Crippen molar-refractivity contribution in [2.75, 3.05) is 4.84 Å². The van der Waals surface area contributed by atoms with Gasteiger partial charge in [0.25, 0.3) is 0 Å². The van der Waals surface area contributed by atoms with E-state index < -0.39 is 5.97 Å². The minimum Gasteiger partial charge on any atom is -0.478 e. The number of hydrogen-bond donors (Lipinski definition) is 2. The Kier molecular flexibility index (Phi) is 2.55. The average molecular weight is 186 g/mol. The number of halogens is 1. The molecule has 1 rings (SSSR count). The van der Waals surface area contributed by atoms with E-state index in [0.29, 0.717) is 5.69 Å². The largest absolute Gasteiger partial charge is 0.478 e. The molecule has 64 valence electrons. The average Bonchev–Trinajstić information content (AvgIpc) is 2.03. The zero-order chi connectivity index (χ0) is 9.14. The molecule has 0 aliphatic rings. The molecule has 0 aliphatic carbocycles. The third kappa shape index (κ3) is 1.51. The Morgan fingerprint density at radius 2 is 2.25 bits per heavy atom. The van der Waals surface area contributed by atoms with Crippen molar-refractivity contribution in [2.24, 2.45) is 0 Å². The number of aryl methyl sites for hydroxylation is 1. The van der Waals surface area contributed by atoms with Crippen LogP contribution in [-0.4, -0.2) is 11.1 Å². The molecule has 0 aromatic heterocycles. The monoisotopic (exact) mass is 185 g/mol. The van der Waals surface area contributed by atoms with Gasteiger partial charge in [-0.15, -0.1) is 0 Å². The first-order valence-electron chi connectivity index (χ1n) is 3.36. The second kappa shape index (κ2) is 3.45. The van der Waals surface area contributed by atoms with Crippen molar-refractivity contribution in [3.05, 3.63) is 29.3 Å². The van der Waals surface area contributed by atoms with Crippen LogP contribution in [0.5, 0.6) is 0 Å². The van der Waals surface area contributed by atoms with Crippen molar-refractivity contribution < 1.29 is 9.90 Å². The van der Waals surface area contributed by atoms with E-state index in [2.05, 4.69) is 4.84 Å². The maximum Gasteiger partial charge on any atom is 0.337 e. The molecule has 0 fully saturated rings. The summed E-state index contributed by atoms with van der Waals surface area (Å²) in [5.41, 5.74) is 1.45. The number of anilines is 1. The van der Waals surface area contributed by atoms with E-state index in [1.807, 2.05) is 0 Å². The number of aromatic carboxylic acids is 1. The second-order valence-electron chi connectivity index (χ2n) is 2.40. The summed E-state index contributed by atoms with van der Waals surface area (Å²) in [6, 6.07) is 4.97. The van der Waals surface area contributed by atoms with Crippen LogP contribution < -0.4 is 4.84 Å². The maximum absolute atomic E-state index is 10.6. The molecule has 0 bridgehead atoms. The molecule has 0 atom stereocenters. The highest BCUT2D eigenvalue weighted by molar-refractivity contribution is 6.25. The van der Waals surface area contributed by atoms with Gasteiger partial charge >= 0.3 is 5.97 Å². The van der Waals surface area contributed by atoms with Crippen LogP contribution in [0, 0.1) is 6.92 Å². The molecular weight excluding hydrogens is 178 g/mol. The van der Waals surface area contributed by atoms with Crippen LogP contribution in [0.25, 0.3) is 0 Å². The number of hydrogen-bond acceptors (Lipinski definition) is 2. The van der Waals surface area contributed by atoms with E-state index in [4.69, 9.17) is 16.9 Å². The zero-order valence-electron chi connectivity index (χ0n) is 6.47. The minimum absolute atomic E-state index is 0.185. The molecule has 3 nitrogen and oxygen atoms in total. The third-order valence-electron chi connectivity index (χ3n) is 1.60. The summed E-state index contributed by atoms with van der Waals surface area (Å²) < 4.78 is 0. The standard InChI is InChI=1S/C8H8ClNO2/c1-5-3-2-4-6(8(11)12)7(5)10-9/h2-4,10H,1H3,(H,11,12). The summed E-state index contributed by atoms with van der Waals surface area (Å²) in [5.74, 6) is -0.984. The summed E-state index contributed by atoms with van der Waals surface area (Å²) in [6.45, 7) is 1.79. The number of carboxylic acid groups (broad SMARTS) is 1. The van der Waals surface area contributed by atoms with Gasteiger partial charge in [0, 0.05) is 11.8 Å². The first-order valence-corrected chi connectivity index (χ1v) is 3.74. The molecular formula is C8H8ClNO2. The van der Waals surface area contributed by atoms with Gasteiger partial charge < -0.3 is 5.11 Å². The van der Waals surface area contributed by atoms with Gasteiger partial charge in [-0.1, -0.05) is 12.1 Å². The summed E-state index contributed by atoms with van der Waals surface area (Å²) >= 11 is 5.37. The molecule has 0 amide bonds. The van der Waals surface area contributed by atoms with Crippen LogP contribution in [0.1, 0.15) is 15.9 Å². The Morgan fingerprint density at radius 1 is 1.58 bits per heavy atom. The van der Waals surface area contributed by atoms with E-state index in [1.54, 1.807) is 19.1 Å². The van der Waals surface area contributed by atoms with Crippen LogP contribution in [0.3, 0.4) is 0 Å². The lowest BCUT2D eigenvalue weighted by Crippen LogP contribution is -2.01. The van der Waals surface area contributed by atoms with Crippen LogP contribution in [0.15, 0.2) is 18.2 Å². The van der Waals surface area contributed by atoms with Crippen molar-refractivity contribution >= 4 is 23.4 Å². The quantitative estimate of drug-likeness (QED) is 0.695. The van der Waals surface area contributed by atoms with Gasteiger partial charge in [0.2, 0.25) is 0 Å². The Labute approximate surface area is 75.1 Å². The number of nitrogens with one attached hydrogen (secondary N) is 1. The van der Waals surface area contributed by atoms with Gasteiger partial charge in [-0.05, 0) is 18.6 Å². The molecule has 4 heteroatoms. The number of carboxylic acids is 1. The number of carbonyl (C=O) groups is 1. The lowest BCUT2D eigenvalue weighted by atomic mass is 10.1. The summed E-state index contributed by atoms with van der Waals surface area (Å²) in [5, 5.41) is 8.72. The molecule has 0 aliphatic heterocycles. The first-order chi connectivity index (χ1) is 5.66. The van der Waals surface area contributed by atoms with E-state index in [9.17, 15) is 4.79 Å². The van der Waals surface area contributed by atoms with Crippen LogP contribution in [0.2, 0.25) is 0 Å². The summed E-state index contributed by atoms with van der Waals surface area (Å²) in [4.78, 5) is 13.0. The van der Waals surface area contributed by atoms with Crippen molar-refractivity contribution in [2.45, 2.75) is 6.92 Å². The van der Waals surface area contributed by atoms with E-state index in [1.165, 1.54) is 6.07 Å². The van der Waals surface area contributed by atoms with Gasteiger partial charge in [-0.2, -0.15) is 0 Å². The Morgan fingerprint density at radius 3 is 2.67 bits per heavy atom. The van der Waals surface area contributed by atoms with Gasteiger partial charge in [0.1, 0.15) is 0 Å². The summed E-state index contributed by atoms with van der Waals surface area (Å²) in [6.07, 6.45) is 0. The fourth-order valence-electron chi connectivity index (χ4n) is 0.971. The van der Waals surface area contributed by atoms with Crippen LogP contribution >= 0.6 is 11.8 Å². The fraction of sp³-hybridized carbons (Fsp3) is 0.125. The zero-order valence-corrected chi connectivity index (χ0v) is 7.22. The van der Waals surface area contributed by atoms with Gasteiger partial charge in [0.15, 0.2) is 0 Å². The van der Waals surface area contributed by atoms with Gasteiger partial charge in [-0.25, -0.2) is 4.79 Å². The molecule has 0 unspecified atom stereocenters. The van der Waals surface area contributed by atoms with Crippen molar-refractivity contribution in [1.82, 2.24) is 0 Å². The Bertz CT molecular complexity index is 312. The van der Waals surface area contributed by atoms with Gasteiger partial charge in [0.05, 0.1) is 11.3 Å². The molecule has 12 heavy (non-hydrogen) atoms. The van der Waals surface area contributed by atoms with Crippen molar-refractivity contribution in [1.29, 1.82) is 0 Å². The van der Waals surface area contributed by atoms with Crippen molar-refractivity contribution in [3.63, 3.8) is 0 Å². The van der Waals surface area contributed by atoms with Crippen molar-refractivity contribution in [3.8, 4) is 0 Å². The number of benzene rings is 1. The summed E-state index contributed by atoms with van der Waals surface area (Å²) in [7, 11) is 0. The fourth-order valence-corrected chi connectivity index (χ4v) is 1.22. The lowest BCUT2D eigenvalue weighted by molar-refractivity contribution is 0.0698. The van der Waals surface area contributed by atoms with E-state index in [-0.39, 0.29) is 5.56 Å². The number of para-hydroxylation sites is 1. The Balaban J connectivity index is 3.27. The molecule has 0 heterocycles. The molecule has 0 radical (unpaired) electrons. The predicted molar refractivity (Wildman–Crippen MR) is 47.6 cm³/mol. The highest BCUT2D eigenvalue weighted by Gasteiger charge is 2.10. The van der Waals surface area contributed by atoms with Crippen LogP contribution in [0.4, 0.5) is 5.69 Å². The molecule has 0 spiro atoms. The SMILES string of the molecule is Cc1cccc(C(=O)O)c1NCl. The topological polar surface area (TPSA) is 49.3 Å². The third-order valence-corrected chi connectivity index (χ3v) is 1.79. The minimum atomic E-state index is -0.984. The smallest absolute Gasteiger partial charge is 0.337 e. The van der Waals surface area contributed by atoms with Gasteiger partial charge in [-0.3, -0.25) is 4.84 Å². The predicted octanol–water partition coefficient (Wildman–Crippen LogP) is 2.26. The second-order valence-corrected chi connectivity index (χ2v) is 2.59.